The fourth-order valence-corrected chi connectivity index (χ4v) is 3.80. The number of nitrogens with zero attached hydrogens (tertiary/aromatic N) is 2. The lowest BCUT2D eigenvalue weighted by Gasteiger charge is -2.19. The third-order valence-corrected chi connectivity index (χ3v) is 4.86. The summed E-state index contributed by atoms with van der Waals surface area (Å²) in [5.74, 6) is -0.265. The van der Waals surface area contributed by atoms with Gasteiger partial charge in [0.05, 0.1) is 22.3 Å². The Labute approximate surface area is 168 Å². The molecule has 6 heteroatoms. The molecule has 0 unspecified atom stereocenters. The highest BCUT2D eigenvalue weighted by Crippen LogP contribution is 2.23. The molecule has 0 spiro atoms. The van der Waals surface area contributed by atoms with E-state index in [1.165, 1.54) is 11.8 Å². The first kappa shape index (κ1) is 20.1. The zero-order valence-electron chi connectivity index (χ0n) is 16.8. The van der Waals surface area contributed by atoms with Gasteiger partial charge < -0.3 is 4.74 Å². The summed E-state index contributed by atoms with van der Waals surface area (Å²) in [6.45, 7) is 9.47. The fraction of sp³-hybridized carbons (Fsp3) is 0.318. The Hall–Kier alpha value is -2.60. The van der Waals surface area contributed by atoms with Crippen LogP contribution in [0.5, 0.6) is 0 Å². The molecular formula is C22H24N2O3S. The van der Waals surface area contributed by atoms with Crippen LogP contribution in [0.25, 0.3) is 16.6 Å². The van der Waals surface area contributed by atoms with Gasteiger partial charge in [-0.15, -0.1) is 0 Å². The van der Waals surface area contributed by atoms with Crippen molar-refractivity contribution in [2.75, 3.05) is 5.75 Å². The largest absolute Gasteiger partial charge is 0.459 e. The second-order valence-electron chi connectivity index (χ2n) is 7.77. The van der Waals surface area contributed by atoms with Crippen LogP contribution in [0.1, 0.15) is 31.9 Å². The molecule has 5 nitrogen and oxygen atoms in total. The van der Waals surface area contributed by atoms with Crippen molar-refractivity contribution < 1.29 is 9.53 Å². The number of thioether (sulfide) groups is 1. The number of rotatable bonds is 4. The van der Waals surface area contributed by atoms with Gasteiger partial charge in [0.1, 0.15) is 5.60 Å². The van der Waals surface area contributed by atoms with Crippen LogP contribution in [0.15, 0.2) is 52.4 Å². The first-order valence-corrected chi connectivity index (χ1v) is 10.1. The maximum absolute atomic E-state index is 13.2. The number of aryl methyl sites for hydroxylation is 2. The summed E-state index contributed by atoms with van der Waals surface area (Å²) in [5, 5.41) is 1.02. The summed E-state index contributed by atoms with van der Waals surface area (Å²) in [7, 11) is 0. The van der Waals surface area contributed by atoms with Crippen molar-refractivity contribution >= 4 is 28.6 Å². The Bertz CT molecular complexity index is 1080. The highest BCUT2D eigenvalue weighted by atomic mass is 32.2. The van der Waals surface area contributed by atoms with E-state index in [-0.39, 0.29) is 17.3 Å². The van der Waals surface area contributed by atoms with Gasteiger partial charge in [-0.2, -0.15) is 0 Å². The van der Waals surface area contributed by atoms with E-state index >= 15 is 0 Å². The molecule has 0 atom stereocenters. The Balaban J connectivity index is 2.09. The van der Waals surface area contributed by atoms with Crippen molar-refractivity contribution in [3.05, 3.63) is 63.9 Å². The average Bonchev–Trinajstić information content (AvgIpc) is 2.57. The molecule has 28 heavy (non-hydrogen) atoms. The summed E-state index contributed by atoms with van der Waals surface area (Å²) < 4.78 is 6.97. The molecule has 0 N–H and O–H groups in total. The van der Waals surface area contributed by atoms with Crippen LogP contribution in [0.3, 0.4) is 0 Å². The average molecular weight is 397 g/mol. The molecule has 0 fully saturated rings. The molecule has 1 heterocycles. The van der Waals surface area contributed by atoms with E-state index < -0.39 is 5.60 Å². The van der Waals surface area contributed by atoms with E-state index in [1.54, 1.807) is 16.7 Å². The second-order valence-corrected chi connectivity index (χ2v) is 8.72. The first-order chi connectivity index (χ1) is 13.1. The minimum atomic E-state index is -0.554. The molecule has 0 saturated heterocycles. The molecule has 2 aromatic carbocycles. The number of hydrogen-bond acceptors (Lipinski definition) is 5. The van der Waals surface area contributed by atoms with Crippen LogP contribution in [-0.4, -0.2) is 26.9 Å². The molecule has 3 rings (SSSR count). The third-order valence-electron chi connectivity index (χ3n) is 3.95. The minimum absolute atomic E-state index is 0.0762. The van der Waals surface area contributed by atoms with E-state index in [2.05, 4.69) is 11.1 Å². The smallest absolute Gasteiger partial charge is 0.316 e. The Morgan fingerprint density at radius 2 is 1.75 bits per heavy atom. The lowest BCUT2D eigenvalue weighted by Crippen LogP contribution is -2.26. The zero-order chi connectivity index (χ0) is 20.5. The lowest BCUT2D eigenvalue weighted by molar-refractivity contribution is -0.151. The number of ether oxygens (including phenoxy) is 1. The van der Waals surface area contributed by atoms with Gasteiger partial charge in [0.15, 0.2) is 5.16 Å². The summed E-state index contributed by atoms with van der Waals surface area (Å²) in [4.78, 5) is 30.1. The normalized spacial score (nSPS) is 11.6. The zero-order valence-corrected chi connectivity index (χ0v) is 17.6. The summed E-state index contributed by atoms with van der Waals surface area (Å²) in [6, 6.07) is 13.2. The minimum Gasteiger partial charge on any atom is -0.459 e. The number of aromatic nitrogens is 2. The number of hydrogen-bond donors (Lipinski definition) is 0. The van der Waals surface area contributed by atoms with Gasteiger partial charge in [0.2, 0.25) is 0 Å². The van der Waals surface area contributed by atoms with Crippen molar-refractivity contribution in [3.8, 4) is 5.69 Å². The van der Waals surface area contributed by atoms with Gasteiger partial charge >= 0.3 is 5.97 Å². The van der Waals surface area contributed by atoms with Crippen molar-refractivity contribution in [3.63, 3.8) is 0 Å². The van der Waals surface area contributed by atoms with E-state index in [0.717, 1.165) is 16.8 Å². The molecule has 0 amide bonds. The molecule has 3 aromatic rings. The summed E-state index contributed by atoms with van der Waals surface area (Å²) in [5.41, 5.74) is 2.76. The number of para-hydroxylation sites is 1. The fourth-order valence-electron chi connectivity index (χ4n) is 3.01. The van der Waals surface area contributed by atoms with Gasteiger partial charge in [0, 0.05) is 0 Å². The SMILES string of the molecule is Cc1cc(C)cc(-n2c(SCC(=O)OC(C)(C)C)nc3ccccc3c2=O)c1. The van der Waals surface area contributed by atoms with Gasteiger partial charge in [-0.25, -0.2) is 4.98 Å². The quantitative estimate of drug-likeness (QED) is 0.371. The van der Waals surface area contributed by atoms with Crippen LogP contribution in [0.4, 0.5) is 0 Å². The highest BCUT2D eigenvalue weighted by molar-refractivity contribution is 7.99. The maximum Gasteiger partial charge on any atom is 0.316 e. The van der Waals surface area contributed by atoms with E-state index in [0.29, 0.717) is 16.1 Å². The second kappa shape index (κ2) is 7.80. The molecule has 0 saturated carbocycles. The predicted molar refractivity (Wildman–Crippen MR) is 113 cm³/mol. The van der Waals surface area contributed by atoms with Crippen LogP contribution in [0.2, 0.25) is 0 Å². The molecule has 1 aromatic heterocycles. The van der Waals surface area contributed by atoms with Gasteiger partial charge in [-0.1, -0.05) is 30.0 Å². The molecule has 0 aliphatic rings. The monoisotopic (exact) mass is 396 g/mol. The number of carbonyl (C=O) groups excluding carboxylic acids is 1. The lowest BCUT2D eigenvalue weighted by atomic mass is 10.1. The van der Waals surface area contributed by atoms with Gasteiger partial charge in [-0.05, 0) is 70.0 Å². The molecule has 0 bridgehead atoms. The number of esters is 1. The van der Waals surface area contributed by atoms with Gasteiger partial charge in [0.25, 0.3) is 5.56 Å². The highest BCUT2D eigenvalue weighted by Gasteiger charge is 2.19. The topological polar surface area (TPSA) is 61.2 Å². The summed E-state index contributed by atoms with van der Waals surface area (Å²) in [6.07, 6.45) is 0. The van der Waals surface area contributed by atoms with Crippen molar-refractivity contribution in [1.82, 2.24) is 9.55 Å². The Morgan fingerprint density at radius 1 is 1.11 bits per heavy atom. The summed E-state index contributed by atoms with van der Waals surface area (Å²) >= 11 is 1.21. The standard InChI is InChI=1S/C22H24N2O3S/c1-14-10-15(2)12-16(11-14)24-20(26)17-8-6-7-9-18(17)23-21(24)28-13-19(25)27-22(3,4)5/h6-12H,13H2,1-5H3. The molecular weight excluding hydrogens is 372 g/mol. The van der Waals surface area contributed by atoms with Crippen molar-refractivity contribution in [2.45, 2.75) is 45.4 Å². The predicted octanol–water partition coefficient (Wildman–Crippen LogP) is 4.44. The van der Waals surface area contributed by atoms with Gasteiger partial charge in [-0.3, -0.25) is 14.2 Å². The van der Waals surface area contributed by atoms with Crippen molar-refractivity contribution in [2.24, 2.45) is 0 Å². The molecule has 146 valence electrons. The van der Waals surface area contributed by atoms with E-state index in [9.17, 15) is 9.59 Å². The van der Waals surface area contributed by atoms with Crippen LogP contribution < -0.4 is 5.56 Å². The third kappa shape index (κ3) is 4.62. The number of benzene rings is 2. The van der Waals surface area contributed by atoms with Crippen LogP contribution in [-0.2, 0) is 9.53 Å². The number of fused-ring (bicyclic) bond motifs is 1. The molecule has 0 radical (unpaired) electrons. The van der Waals surface area contributed by atoms with E-state index in [4.69, 9.17) is 4.74 Å². The molecule has 0 aliphatic heterocycles. The first-order valence-electron chi connectivity index (χ1n) is 9.09. The maximum atomic E-state index is 13.2. The van der Waals surface area contributed by atoms with Crippen LogP contribution in [0, 0.1) is 13.8 Å². The molecule has 0 aliphatic carbocycles. The van der Waals surface area contributed by atoms with Crippen molar-refractivity contribution in [1.29, 1.82) is 0 Å². The van der Waals surface area contributed by atoms with E-state index in [1.807, 2.05) is 58.9 Å². The number of carbonyl (C=O) groups is 1. The Morgan fingerprint density at radius 3 is 2.39 bits per heavy atom. The Kier molecular flexibility index (Phi) is 5.61. The van der Waals surface area contributed by atoms with Crippen LogP contribution >= 0.6 is 11.8 Å².